The molecule has 3 aromatic rings. The van der Waals surface area contributed by atoms with Gasteiger partial charge in [0.05, 0.1) is 11.3 Å². The van der Waals surface area contributed by atoms with Crippen molar-refractivity contribution in [1.29, 1.82) is 0 Å². The Balaban J connectivity index is 0.00000324. The van der Waals surface area contributed by atoms with Crippen LogP contribution in [0.3, 0.4) is 0 Å². The van der Waals surface area contributed by atoms with Crippen LogP contribution in [0.2, 0.25) is 0 Å². The number of Topliss-reactive ketones (excluding diaryl/α,β-unsaturated/α-hetero) is 1. The van der Waals surface area contributed by atoms with Crippen molar-refractivity contribution in [3.05, 3.63) is 101 Å². The van der Waals surface area contributed by atoms with Gasteiger partial charge in [0.1, 0.15) is 6.04 Å². The standard InChI is InChI=1S/C27H28N4O3.2ClH/c1-31(2)18-21-12-10-19(11-13-21)14-15-23-22(9-6-16-29-23)27(34)30-24(25(32)26(28)33)17-20-7-4-3-5-8-20;;/h3-16,24H,17-18H2,1-2H3,(H2,28,33)(H,30,34);2*1H. The van der Waals surface area contributed by atoms with E-state index in [0.717, 1.165) is 17.7 Å². The van der Waals surface area contributed by atoms with Crippen LogP contribution in [0.25, 0.3) is 12.2 Å². The molecular weight excluding hydrogens is 499 g/mol. The Morgan fingerprint density at radius 3 is 2.19 bits per heavy atom. The zero-order chi connectivity index (χ0) is 24.5. The Morgan fingerprint density at radius 2 is 1.58 bits per heavy atom. The molecule has 9 heteroatoms. The maximum Gasteiger partial charge on any atom is 0.287 e. The molecular formula is C27H30Cl2N4O3. The van der Waals surface area contributed by atoms with E-state index in [9.17, 15) is 14.4 Å². The van der Waals surface area contributed by atoms with E-state index in [2.05, 4.69) is 27.3 Å². The number of halogens is 2. The number of carbonyl (C=O) groups is 3. The van der Waals surface area contributed by atoms with Crippen molar-refractivity contribution in [2.75, 3.05) is 14.1 Å². The van der Waals surface area contributed by atoms with Crippen molar-refractivity contribution in [2.24, 2.45) is 5.73 Å². The van der Waals surface area contributed by atoms with Crippen LogP contribution in [0.4, 0.5) is 0 Å². The van der Waals surface area contributed by atoms with Gasteiger partial charge < -0.3 is 16.0 Å². The van der Waals surface area contributed by atoms with Gasteiger partial charge in [-0.05, 0) is 49.0 Å². The highest BCUT2D eigenvalue weighted by Gasteiger charge is 2.26. The van der Waals surface area contributed by atoms with E-state index in [4.69, 9.17) is 5.73 Å². The van der Waals surface area contributed by atoms with E-state index in [-0.39, 0.29) is 31.2 Å². The summed E-state index contributed by atoms with van der Waals surface area (Å²) in [6.45, 7) is 0.850. The molecule has 190 valence electrons. The molecule has 0 aliphatic rings. The molecule has 7 nitrogen and oxygen atoms in total. The monoisotopic (exact) mass is 528 g/mol. The van der Waals surface area contributed by atoms with Gasteiger partial charge in [0.2, 0.25) is 5.78 Å². The third-order valence-electron chi connectivity index (χ3n) is 5.14. The summed E-state index contributed by atoms with van der Waals surface area (Å²) in [7, 11) is 4.03. The second-order valence-corrected chi connectivity index (χ2v) is 8.19. The molecule has 0 aliphatic carbocycles. The van der Waals surface area contributed by atoms with Crippen LogP contribution in [0.15, 0.2) is 72.9 Å². The topological polar surface area (TPSA) is 105 Å². The molecule has 1 heterocycles. The SMILES string of the molecule is CN(C)Cc1ccc(C=Cc2ncccc2C(=O)NC(Cc2ccccc2)C(=O)C(N)=O)cc1.Cl.Cl. The molecule has 0 bridgehead atoms. The van der Waals surface area contributed by atoms with Crippen molar-refractivity contribution in [2.45, 2.75) is 19.0 Å². The number of nitrogens with two attached hydrogens (primary N) is 1. The van der Waals surface area contributed by atoms with Gasteiger partial charge in [-0.15, -0.1) is 24.8 Å². The van der Waals surface area contributed by atoms with E-state index in [1.54, 1.807) is 24.4 Å². The summed E-state index contributed by atoms with van der Waals surface area (Å²) in [6, 6.07) is 19.4. The summed E-state index contributed by atoms with van der Waals surface area (Å²) >= 11 is 0. The molecule has 0 saturated heterocycles. The molecule has 1 aromatic heterocycles. The highest BCUT2D eigenvalue weighted by molar-refractivity contribution is 6.38. The van der Waals surface area contributed by atoms with Gasteiger partial charge in [0, 0.05) is 19.2 Å². The molecule has 2 amide bonds. The zero-order valence-corrected chi connectivity index (χ0v) is 21.7. The first kappa shape index (κ1) is 30.5. The number of hydrogen-bond donors (Lipinski definition) is 2. The van der Waals surface area contributed by atoms with Crippen molar-refractivity contribution >= 4 is 54.6 Å². The smallest absolute Gasteiger partial charge is 0.287 e. The van der Waals surface area contributed by atoms with Gasteiger partial charge in [-0.25, -0.2) is 0 Å². The van der Waals surface area contributed by atoms with Gasteiger partial charge in [0.25, 0.3) is 11.8 Å². The summed E-state index contributed by atoms with van der Waals surface area (Å²) < 4.78 is 0. The minimum atomic E-state index is -1.09. The van der Waals surface area contributed by atoms with Crippen LogP contribution in [0.5, 0.6) is 0 Å². The lowest BCUT2D eigenvalue weighted by Gasteiger charge is -2.17. The zero-order valence-electron chi connectivity index (χ0n) is 20.1. The highest BCUT2D eigenvalue weighted by atomic mass is 35.5. The number of carbonyl (C=O) groups excluding carboxylic acids is 3. The molecule has 1 unspecified atom stereocenters. The lowest BCUT2D eigenvalue weighted by atomic mass is 10.0. The lowest BCUT2D eigenvalue weighted by molar-refractivity contribution is -0.137. The third-order valence-corrected chi connectivity index (χ3v) is 5.14. The largest absolute Gasteiger partial charge is 0.363 e. The Kier molecular flexibility index (Phi) is 12.5. The lowest BCUT2D eigenvalue weighted by Crippen LogP contribution is -2.47. The summed E-state index contributed by atoms with van der Waals surface area (Å²) in [5, 5.41) is 2.66. The Bertz CT molecular complexity index is 1180. The number of nitrogens with zero attached hydrogens (tertiary/aromatic N) is 2. The number of aromatic nitrogens is 1. The van der Waals surface area contributed by atoms with Crippen molar-refractivity contribution in [3.63, 3.8) is 0 Å². The first-order chi connectivity index (χ1) is 16.3. The van der Waals surface area contributed by atoms with E-state index < -0.39 is 23.6 Å². The van der Waals surface area contributed by atoms with Crippen LogP contribution in [-0.4, -0.2) is 47.6 Å². The second-order valence-electron chi connectivity index (χ2n) is 8.19. The quantitative estimate of drug-likeness (QED) is 0.391. The average molecular weight is 529 g/mol. The third kappa shape index (κ3) is 8.92. The number of amides is 2. The normalized spacial score (nSPS) is 11.3. The average Bonchev–Trinajstić information content (AvgIpc) is 2.83. The molecule has 0 fully saturated rings. The van der Waals surface area contributed by atoms with Crippen LogP contribution < -0.4 is 11.1 Å². The summed E-state index contributed by atoms with van der Waals surface area (Å²) in [5.74, 6) is -2.45. The summed E-state index contributed by atoms with van der Waals surface area (Å²) in [4.78, 5) is 43.4. The van der Waals surface area contributed by atoms with Gasteiger partial charge in [-0.2, -0.15) is 0 Å². The Morgan fingerprint density at radius 1 is 0.917 bits per heavy atom. The van der Waals surface area contributed by atoms with Crippen molar-refractivity contribution in [1.82, 2.24) is 15.2 Å². The number of ketones is 1. The molecule has 1 atom stereocenters. The van der Waals surface area contributed by atoms with Gasteiger partial charge in [-0.1, -0.05) is 60.7 Å². The first-order valence-corrected chi connectivity index (χ1v) is 10.9. The molecule has 0 aliphatic heterocycles. The molecule has 0 spiro atoms. The number of nitrogens with one attached hydrogen (secondary N) is 1. The number of primary amides is 1. The fraction of sp³-hybridized carbons (Fsp3) is 0.185. The molecule has 0 saturated carbocycles. The number of rotatable bonds is 10. The Hall–Kier alpha value is -3.52. The minimum Gasteiger partial charge on any atom is -0.363 e. The van der Waals surface area contributed by atoms with E-state index in [1.165, 1.54) is 5.56 Å². The van der Waals surface area contributed by atoms with Crippen LogP contribution in [0, 0.1) is 0 Å². The fourth-order valence-corrected chi connectivity index (χ4v) is 3.48. The van der Waals surface area contributed by atoms with E-state index in [1.807, 2.05) is 62.6 Å². The molecule has 3 N–H and O–H groups in total. The summed E-state index contributed by atoms with van der Waals surface area (Å²) in [6.07, 6.45) is 5.36. The van der Waals surface area contributed by atoms with E-state index in [0.29, 0.717) is 11.3 Å². The summed E-state index contributed by atoms with van der Waals surface area (Å²) in [5.41, 5.74) is 8.91. The predicted molar refractivity (Wildman–Crippen MR) is 147 cm³/mol. The van der Waals surface area contributed by atoms with Crippen LogP contribution in [0.1, 0.15) is 32.7 Å². The van der Waals surface area contributed by atoms with Crippen LogP contribution >= 0.6 is 24.8 Å². The molecule has 3 rings (SSSR count). The number of pyridine rings is 1. The Labute approximate surface area is 223 Å². The maximum absolute atomic E-state index is 13.1. The molecule has 0 radical (unpaired) electrons. The number of hydrogen-bond acceptors (Lipinski definition) is 5. The van der Waals surface area contributed by atoms with Gasteiger partial charge in [0.15, 0.2) is 0 Å². The second kappa shape index (κ2) is 14.8. The minimum absolute atomic E-state index is 0. The molecule has 2 aromatic carbocycles. The van der Waals surface area contributed by atoms with Crippen molar-refractivity contribution in [3.8, 4) is 0 Å². The van der Waals surface area contributed by atoms with Crippen molar-refractivity contribution < 1.29 is 14.4 Å². The van der Waals surface area contributed by atoms with Gasteiger partial charge >= 0.3 is 0 Å². The number of benzene rings is 2. The van der Waals surface area contributed by atoms with E-state index >= 15 is 0 Å². The van der Waals surface area contributed by atoms with Crippen LogP contribution in [-0.2, 0) is 22.6 Å². The van der Waals surface area contributed by atoms with Gasteiger partial charge in [-0.3, -0.25) is 19.4 Å². The highest BCUT2D eigenvalue weighted by Crippen LogP contribution is 2.14. The fourth-order valence-electron chi connectivity index (χ4n) is 3.48. The maximum atomic E-state index is 13.1. The first-order valence-electron chi connectivity index (χ1n) is 10.9. The molecule has 36 heavy (non-hydrogen) atoms. The predicted octanol–water partition coefficient (Wildman–Crippen LogP) is 3.55.